The number of benzene rings is 2. The standard InChI is InChI=1S/C20H19NO4/c22-18(23)12-2-1-7-13-21-19(24)16-10-5-3-8-14(16)15-9-4-6-11-17(15)20(21)25/h3-6,8-11H,1-2,7,12-13H2,(H,22,23). The van der Waals surface area contributed by atoms with Crippen LogP contribution in [0.1, 0.15) is 25.7 Å². The van der Waals surface area contributed by atoms with E-state index in [2.05, 4.69) is 0 Å². The van der Waals surface area contributed by atoms with Gasteiger partial charge in [-0.1, -0.05) is 42.8 Å². The van der Waals surface area contributed by atoms with E-state index in [1.54, 1.807) is 24.3 Å². The largest absolute Gasteiger partial charge is 0.481 e. The van der Waals surface area contributed by atoms with Crippen molar-refractivity contribution in [2.24, 2.45) is 0 Å². The molecule has 0 atom stereocenters. The molecule has 25 heavy (non-hydrogen) atoms. The maximum atomic E-state index is 12.9. The summed E-state index contributed by atoms with van der Waals surface area (Å²) >= 11 is 0. The molecule has 3 aromatic rings. The Morgan fingerprint density at radius 2 is 1.24 bits per heavy atom. The first kappa shape index (κ1) is 16.9. The second-order valence-electron chi connectivity index (χ2n) is 6.06. The van der Waals surface area contributed by atoms with Crippen molar-refractivity contribution in [3.05, 3.63) is 69.2 Å². The molecule has 3 rings (SSSR count). The molecule has 0 saturated carbocycles. The quantitative estimate of drug-likeness (QED) is 0.701. The molecule has 0 fully saturated rings. The topological polar surface area (TPSA) is 76.4 Å². The molecule has 128 valence electrons. The number of fused-ring (bicyclic) bond motifs is 3. The van der Waals surface area contributed by atoms with Crippen LogP contribution in [0.5, 0.6) is 0 Å². The van der Waals surface area contributed by atoms with E-state index in [1.807, 2.05) is 24.3 Å². The lowest BCUT2D eigenvalue weighted by molar-refractivity contribution is -0.137. The molecule has 0 aliphatic rings. The third kappa shape index (κ3) is 3.45. The van der Waals surface area contributed by atoms with Crippen LogP contribution in [0.2, 0.25) is 0 Å². The molecular formula is C20H19NO4. The van der Waals surface area contributed by atoms with E-state index < -0.39 is 5.97 Å². The summed E-state index contributed by atoms with van der Waals surface area (Å²) in [6, 6.07) is 14.5. The minimum Gasteiger partial charge on any atom is -0.481 e. The maximum absolute atomic E-state index is 12.9. The summed E-state index contributed by atoms with van der Waals surface area (Å²) in [4.78, 5) is 36.4. The predicted octanol–water partition coefficient (Wildman–Crippen LogP) is 3.16. The second-order valence-corrected chi connectivity index (χ2v) is 6.06. The highest BCUT2D eigenvalue weighted by molar-refractivity contribution is 6.05. The van der Waals surface area contributed by atoms with Crippen molar-refractivity contribution in [3.8, 4) is 0 Å². The number of carboxylic acids is 1. The van der Waals surface area contributed by atoms with Crippen molar-refractivity contribution >= 4 is 27.5 Å². The first-order valence-corrected chi connectivity index (χ1v) is 8.36. The molecule has 5 nitrogen and oxygen atoms in total. The Hall–Kier alpha value is -2.95. The van der Waals surface area contributed by atoms with Gasteiger partial charge < -0.3 is 5.11 Å². The Bertz CT molecular complexity index is 980. The molecular weight excluding hydrogens is 318 g/mol. The zero-order chi connectivity index (χ0) is 17.8. The molecule has 1 N–H and O–H groups in total. The number of nitrogens with zero attached hydrogens (tertiary/aromatic N) is 1. The highest BCUT2D eigenvalue weighted by atomic mass is 16.4. The summed E-state index contributed by atoms with van der Waals surface area (Å²) in [7, 11) is 0. The third-order valence-electron chi connectivity index (χ3n) is 4.37. The van der Waals surface area contributed by atoms with Gasteiger partial charge in [-0.25, -0.2) is 0 Å². The van der Waals surface area contributed by atoms with E-state index in [0.717, 1.165) is 10.8 Å². The Balaban J connectivity index is 2.10. The number of carbonyl (C=O) groups is 1. The van der Waals surface area contributed by atoms with Crippen molar-refractivity contribution in [2.45, 2.75) is 32.2 Å². The monoisotopic (exact) mass is 337 g/mol. The minimum atomic E-state index is -0.829. The van der Waals surface area contributed by atoms with E-state index in [4.69, 9.17) is 5.11 Å². The lowest BCUT2D eigenvalue weighted by Gasteiger charge is -2.02. The van der Waals surface area contributed by atoms with Gasteiger partial charge in [-0.15, -0.1) is 0 Å². The number of hydrogen-bond acceptors (Lipinski definition) is 3. The summed E-state index contributed by atoms with van der Waals surface area (Å²) in [5, 5.41) is 11.3. The van der Waals surface area contributed by atoms with E-state index in [-0.39, 0.29) is 17.5 Å². The van der Waals surface area contributed by atoms with Crippen LogP contribution in [0.4, 0.5) is 0 Å². The average Bonchev–Trinajstić information content (AvgIpc) is 2.71. The van der Waals surface area contributed by atoms with Crippen molar-refractivity contribution < 1.29 is 9.90 Å². The number of rotatable bonds is 6. The van der Waals surface area contributed by atoms with Crippen LogP contribution in [0.3, 0.4) is 0 Å². The molecule has 1 aromatic heterocycles. The summed E-state index contributed by atoms with van der Waals surface area (Å²) in [5.41, 5.74) is -0.593. The number of carboxylic acid groups (broad SMARTS) is 1. The molecule has 5 heteroatoms. The molecule has 0 radical (unpaired) electrons. The highest BCUT2D eigenvalue weighted by Gasteiger charge is 2.10. The molecule has 0 bridgehead atoms. The zero-order valence-corrected chi connectivity index (χ0v) is 13.8. The van der Waals surface area contributed by atoms with Crippen LogP contribution in [0, 0.1) is 0 Å². The fourth-order valence-corrected chi connectivity index (χ4v) is 3.12. The van der Waals surface area contributed by atoms with Gasteiger partial charge in [-0.2, -0.15) is 0 Å². The summed E-state index contributed by atoms with van der Waals surface area (Å²) in [6.45, 7) is 0.292. The van der Waals surface area contributed by atoms with Gasteiger partial charge in [-0.05, 0) is 35.7 Å². The normalized spacial score (nSPS) is 11.0. The van der Waals surface area contributed by atoms with Crippen LogP contribution >= 0.6 is 0 Å². The van der Waals surface area contributed by atoms with E-state index in [1.165, 1.54) is 4.57 Å². The Labute approximate surface area is 144 Å². The Morgan fingerprint density at radius 3 is 1.72 bits per heavy atom. The van der Waals surface area contributed by atoms with E-state index in [0.29, 0.717) is 36.6 Å². The fourth-order valence-electron chi connectivity index (χ4n) is 3.12. The van der Waals surface area contributed by atoms with Crippen LogP contribution in [-0.2, 0) is 11.3 Å². The zero-order valence-electron chi connectivity index (χ0n) is 13.8. The molecule has 0 unspecified atom stereocenters. The van der Waals surface area contributed by atoms with E-state index in [9.17, 15) is 14.4 Å². The van der Waals surface area contributed by atoms with Gasteiger partial charge >= 0.3 is 5.97 Å². The van der Waals surface area contributed by atoms with Gasteiger partial charge in [-0.3, -0.25) is 19.0 Å². The number of unbranched alkanes of at least 4 members (excludes halogenated alkanes) is 2. The molecule has 1 heterocycles. The summed E-state index contributed by atoms with van der Waals surface area (Å²) < 4.78 is 1.28. The maximum Gasteiger partial charge on any atom is 0.303 e. The smallest absolute Gasteiger partial charge is 0.303 e. The molecule has 0 aliphatic heterocycles. The van der Waals surface area contributed by atoms with E-state index >= 15 is 0 Å². The number of aromatic nitrogens is 1. The third-order valence-corrected chi connectivity index (χ3v) is 4.37. The minimum absolute atomic E-state index is 0.105. The fraction of sp³-hybridized carbons (Fsp3) is 0.250. The van der Waals surface area contributed by atoms with Gasteiger partial charge in [0.1, 0.15) is 0 Å². The van der Waals surface area contributed by atoms with Crippen LogP contribution in [0.25, 0.3) is 21.5 Å². The second kappa shape index (κ2) is 7.30. The Kier molecular flexibility index (Phi) is 4.93. The van der Waals surface area contributed by atoms with Crippen molar-refractivity contribution in [3.63, 3.8) is 0 Å². The van der Waals surface area contributed by atoms with Gasteiger partial charge in [0.05, 0.1) is 0 Å². The molecule has 0 amide bonds. The Morgan fingerprint density at radius 1 is 0.760 bits per heavy atom. The highest BCUT2D eigenvalue weighted by Crippen LogP contribution is 2.19. The van der Waals surface area contributed by atoms with Gasteiger partial charge in [0.2, 0.25) is 0 Å². The van der Waals surface area contributed by atoms with Gasteiger partial charge in [0, 0.05) is 23.7 Å². The molecule has 2 aromatic carbocycles. The summed E-state index contributed by atoms with van der Waals surface area (Å²) in [6.07, 6.45) is 1.90. The summed E-state index contributed by atoms with van der Waals surface area (Å²) in [5.74, 6) is -0.829. The van der Waals surface area contributed by atoms with Crippen molar-refractivity contribution in [1.82, 2.24) is 4.57 Å². The number of aliphatic carboxylic acids is 1. The van der Waals surface area contributed by atoms with Crippen LogP contribution in [-0.4, -0.2) is 15.6 Å². The van der Waals surface area contributed by atoms with Crippen LogP contribution in [0.15, 0.2) is 58.1 Å². The molecule has 0 aliphatic carbocycles. The average molecular weight is 337 g/mol. The SMILES string of the molecule is O=C(O)CCCCCn1c(=O)c2ccccc2c2ccccc2c1=O. The van der Waals surface area contributed by atoms with Crippen molar-refractivity contribution in [1.29, 1.82) is 0 Å². The lowest BCUT2D eigenvalue weighted by Crippen LogP contribution is -2.30. The lowest BCUT2D eigenvalue weighted by atomic mass is 10.1. The first-order chi connectivity index (χ1) is 12.1. The molecule has 0 saturated heterocycles. The van der Waals surface area contributed by atoms with Gasteiger partial charge in [0.25, 0.3) is 11.1 Å². The molecule has 0 spiro atoms. The first-order valence-electron chi connectivity index (χ1n) is 8.36. The van der Waals surface area contributed by atoms with Crippen LogP contribution < -0.4 is 11.1 Å². The predicted molar refractivity (Wildman–Crippen MR) is 98.1 cm³/mol. The van der Waals surface area contributed by atoms with Crippen molar-refractivity contribution in [2.75, 3.05) is 0 Å². The van der Waals surface area contributed by atoms with Gasteiger partial charge in [0.15, 0.2) is 0 Å². The number of hydrogen-bond donors (Lipinski definition) is 1.